The standard InChI is InChI=1S/C27H33N3O4S/c1-18-16-23-17-24(10-11-25(23)30(18)27(32)22-8-9-22)35(33,34)29-14-12-21(13-15-29)26(31)28-19(2)20-6-4-3-5-7-20/h3-7,10-11,17-19,21-22H,8-9,12-16H2,1-2H3,(H,28,31)/t18-,19-/m0/s1. The predicted octanol–water partition coefficient (Wildman–Crippen LogP) is 3.65. The van der Waals surface area contributed by atoms with Crippen molar-refractivity contribution >= 4 is 27.5 Å². The van der Waals surface area contributed by atoms with Crippen molar-refractivity contribution < 1.29 is 18.0 Å². The number of hydrogen-bond donors (Lipinski definition) is 1. The number of hydrogen-bond acceptors (Lipinski definition) is 4. The molecule has 0 aromatic heterocycles. The zero-order valence-electron chi connectivity index (χ0n) is 20.3. The minimum atomic E-state index is -3.66. The summed E-state index contributed by atoms with van der Waals surface area (Å²) in [6.45, 7) is 4.61. The van der Waals surface area contributed by atoms with Crippen LogP contribution in [0.25, 0.3) is 0 Å². The summed E-state index contributed by atoms with van der Waals surface area (Å²) < 4.78 is 28.3. The fraction of sp³-hybridized carbons (Fsp3) is 0.481. The van der Waals surface area contributed by atoms with Crippen molar-refractivity contribution in [3.8, 4) is 0 Å². The average molecular weight is 496 g/mol. The second-order valence-electron chi connectivity index (χ2n) is 10.1. The maximum absolute atomic E-state index is 13.4. The summed E-state index contributed by atoms with van der Waals surface area (Å²) in [5.74, 6) is 0.0654. The number of fused-ring (bicyclic) bond motifs is 1. The summed E-state index contributed by atoms with van der Waals surface area (Å²) >= 11 is 0. The number of nitrogens with zero attached hydrogens (tertiary/aromatic N) is 2. The first-order valence-corrected chi connectivity index (χ1v) is 14.0. The van der Waals surface area contributed by atoms with E-state index in [2.05, 4.69) is 5.32 Å². The molecular weight excluding hydrogens is 462 g/mol. The number of rotatable bonds is 6. The summed E-state index contributed by atoms with van der Waals surface area (Å²) in [4.78, 5) is 27.6. The minimum absolute atomic E-state index is 0.0228. The molecule has 1 N–H and O–H groups in total. The van der Waals surface area contributed by atoms with Gasteiger partial charge in [-0.05, 0) is 75.3 Å². The number of carbonyl (C=O) groups is 2. The number of nitrogens with one attached hydrogen (secondary N) is 1. The van der Waals surface area contributed by atoms with E-state index in [0.717, 1.165) is 29.7 Å². The van der Waals surface area contributed by atoms with Gasteiger partial charge in [-0.15, -0.1) is 0 Å². The van der Waals surface area contributed by atoms with Gasteiger partial charge in [0.25, 0.3) is 0 Å². The van der Waals surface area contributed by atoms with Crippen LogP contribution in [0, 0.1) is 11.8 Å². The zero-order chi connectivity index (χ0) is 24.7. The molecule has 0 spiro atoms. The number of carbonyl (C=O) groups excluding carboxylic acids is 2. The second kappa shape index (κ2) is 9.39. The normalized spacial score (nSPS) is 22.0. The number of amides is 2. The Bertz CT molecular complexity index is 1220. The maximum Gasteiger partial charge on any atom is 0.243 e. The molecule has 2 aliphatic heterocycles. The topological polar surface area (TPSA) is 86.8 Å². The Morgan fingerprint density at radius 3 is 2.31 bits per heavy atom. The lowest BCUT2D eigenvalue weighted by Gasteiger charge is -2.31. The Morgan fingerprint density at radius 2 is 1.66 bits per heavy atom. The van der Waals surface area contributed by atoms with Crippen LogP contribution < -0.4 is 10.2 Å². The molecule has 1 aliphatic carbocycles. The summed E-state index contributed by atoms with van der Waals surface area (Å²) in [6, 6.07) is 14.9. The van der Waals surface area contributed by atoms with Crippen molar-refractivity contribution in [3.05, 3.63) is 59.7 Å². The fourth-order valence-electron chi connectivity index (χ4n) is 5.29. The maximum atomic E-state index is 13.4. The van der Waals surface area contributed by atoms with E-state index in [0.29, 0.717) is 32.4 Å². The van der Waals surface area contributed by atoms with E-state index in [1.54, 1.807) is 18.2 Å². The molecule has 2 aromatic rings. The largest absolute Gasteiger partial charge is 0.349 e. The summed E-state index contributed by atoms with van der Waals surface area (Å²) in [5, 5.41) is 3.07. The molecule has 2 amide bonds. The first kappa shape index (κ1) is 24.0. The smallest absolute Gasteiger partial charge is 0.243 e. The molecule has 2 atom stereocenters. The van der Waals surface area contributed by atoms with Gasteiger partial charge in [-0.25, -0.2) is 8.42 Å². The number of anilines is 1. The van der Waals surface area contributed by atoms with Crippen LogP contribution in [0.3, 0.4) is 0 Å². The quantitative estimate of drug-likeness (QED) is 0.663. The third kappa shape index (κ3) is 4.74. The molecule has 5 rings (SSSR count). The highest BCUT2D eigenvalue weighted by Crippen LogP contribution is 2.40. The summed E-state index contributed by atoms with van der Waals surface area (Å²) in [5.41, 5.74) is 2.80. The Morgan fingerprint density at radius 1 is 0.971 bits per heavy atom. The van der Waals surface area contributed by atoms with Crippen LogP contribution in [0.5, 0.6) is 0 Å². The van der Waals surface area contributed by atoms with Gasteiger partial charge in [0.05, 0.1) is 10.9 Å². The van der Waals surface area contributed by atoms with Gasteiger partial charge in [-0.1, -0.05) is 30.3 Å². The van der Waals surface area contributed by atoms with Crippen LogP contribution in [0.4, 0.5) is 5.69 Å². The van der Waals surface area contributed by atoms with Gasteiger partial charge in [0, 0.05) is 36.7 Å². The molecule has 2 aromatic carbocycles. The van der Waals surface area contributed by atoms with Gasteiger partial charge in [0.1, 0.15) is 0 Å². The van der Waals surface area contributed by atoms with Crippen molar-refractivity contribution in [2.45, 2.75) is 62.9 Å². The van der Waals surface area contributed by atoms with E-state index in [-0.39, 0.29) is 40.6 Å². The highest BCUT2D eigenvalue weighted by atomic mass is 32.2. The monoisotopic (exact) mass is 495 g/mol. The van der Waals surface area contributed by atoms with Crippen molar-refractivity contribution in [2.24, 2.45) is 11.8 Å². The predicted molar refractivity (Wildman–Crippen MR) is 134 cm³/mol. The molecule has 0 unspecified atom stereocenters. The Kier molecular flexibility index (Phi) is 6.44. The molecular formula is C27H33N3O4S. The van der Waals surface area contributed by atoms with Crippen molar-refractivity contribution in [1.29, 1.82) is 0 Å². The third-order valence-corrected chi connectivity index (χ3v) is 9.45. The lowest BCUT2D eigenvalue weighted by molar-refractivity contribution is -0.126. The lowest BCUT2D eigenvalue weighted by atomic mass is 9.96. The molecule has 3 aliphatic rings. The number of sulfonamides is 1. The van der Waals surface area contributed by atoms with E-state index in [1.807, 2.05) is 49.1 Å². The van der Waals surface area contributed by atoms with Gasteiger partial charge < -0.3 is 10.2 Å². The van der Waals surface area contributed by atoms with Crippen LogP contribution in [0.2, 0.25) is 0 Å². The SMILES string of the molecule is C[C@H](NC(=O)C1CCN(S(=O)(=O)c2ccc3c(c2)C[C@H](C)N3C(=O)C2CC2)CC1)c1ccccc1. The van der Waals surface area contributed by atoms with Crippen molar-refractivity contribution in [1.82, 2.24) is 9.62 Å². The molecule has 2 heterocycles. The van der Waals surface area contributed by atoms with Crippen LogP contribution in [0.1, 0.15) is 56.7 Å². The Balaban J connectivity index is 1.23. The van der Waals surface area contributed by atoms with Gasteiger partial charge in [-0.3, -0.25) is 9.59 Å². The van der Waals surface area contributed by atoms with Crippen molar-refractivity contribution in [3.63, 3.8) is 0 Å². The molecule has 1 saturated carbocycles. The molecule has 1 saturated heterocycles. The highest BCUT2D eigenvalue weighted by Gasteiger charge is 2.40. The lowest BCUT2D eigenvalue weighted by Crippen LogP contribution is -2.43. The van der Waals surface area contributed by atoms with Gasteiger partial charge in [-0.2, -0.15) is 4.31 Å². The van der Waals surface area contributed by atoms with Gasteiger partial charge in [0.2, 0.25) is 21.8 Å². The van der Waals surface area contributed by atoms with Crippen LogP contribution >= 0.6 is 0 Å². The second-order valence-corrected chi connectivity index (χ2v) is 12.1. The van der Waals surface area contributed by atoms with Crippen LogP contribution in [-0.2, 0) is 26.0 Å². The molecule has 0 bridgehead atoms. The molecule has 2 fully saturated rings. The van der Waals surface area contributed by atoms with Gasteiger partial charge in [0.15, 0.2) is 0 Å². The first-order chi connectivity index (χ1) is 16.8. The van der Waals surface area contributed by atoms with Crippen LogP contribution in [0.15, 0.2) is 53.4 Å². The summed E-state index contributed by atoms with van der Waals surface area (Å²) in [7, 11) is -3.66. The average Bonchev–Trinajstić information content (AvgIpc) is 3.66. The van der Waals surface area contributed by atoms with Gasteiger partial charge >= 0.3 is 0 Å². The first-order valence-electron chi connectivity index (χ1n) is 12.6. The van der Waals surface area contributed by atoms with E-state index < -0.39 is 10.0 Å². The molecule has 186 valence electrons. The molecule has 0 radical (unpaired) electrons. The Labute approximate surface area is 207 Å². The highest BCUT2D eigenvalue weighted by molar-refractivity contribution is 7.89. The molecule has 35 heavy (non-hydrogen) atoms. The van der Waals surface area contributed by atoms with Crippen molar-refractivity contribution in [2.75, 3.05) is 18.0 Å². The third-order valence-electron chi connectivity index (χ3n) is 7.55. The van der Waals surface area contributed by atoms with E-state index in [4.69, 9.17) is 0 Å². The number of benzene rings is 2. The van der Waals surface area contributed by atoms with E-state index in [9.17, 15) is 18.0 Å². The van der Waals surface area contributed by atoms with Crippen LogP contribution in [-0.4, -0.2) is 43.7 Å². The Hall–Kier alpha value is -2.71. The zero-order valence-corrected chi connectivity index (χ0v) is 21.1. The minimum Gasteiger partial charge on any atom is -0.349 e. The summed E-state index contributed by atoms with van der Waals surface area (Å²) in [6.07, 6.45) is 3.56. The number of piperidine rings is 1. The molecule has 8 heteroatoms. The molecule has 7 nitrogen and oxygen atoms in total. The van der Waals surface area contributed by atoms with E-state index in [1.165, 1.54) is 4.31 Å². The fourth-order valence-corrected chi connectivity index (χ4v) is 6.82. The van der Waals surface area contributed by atoms with E-state index >= 15 is 0 Å².